The van der Waals surface area contributed by atoms with Gasteiger partial charge in [0, 0.05) is 5.56 Å². The molecule has 7 heteroatoms. The minimum absolute atomic E-state index is 0.332. The van der Waals surface area contributed by atoms with Gasteiger partial charge in [0.1, 0.15) is 21.7 Å². The fourth-order valence-corrected chi connectivity index (χ4v) is 2.79. The third kappa shape index (κ3) is 3.07. The first-order valence-electron chi connectivity index (χ1n) is 6.33. The SMILES string of the molecule is COc1ccccc1C=NNC(=O)c1sc(N)c(C#N)c1C. The van der Waals surface area contributed by atoms with Crippen LogP contribution in [0.5, 0.6) is 5.75 Å². The Hall–Kier alpha value is -2.85. The second-order valence-corrected chi connectivity index (χ2v) is 5.40. The van der Waals surface area contributed by atoms with Crippen molar-refractivity contribution < 1.29 is 9.53 Å². The van der Waals surface area contributed by atoms with Crippen LogP contribution >= 0.6 is 11.3 Å². The van der Waals surface area contributed by atoms with Crippen molar-refractivity contribution in [1.82, 2.24) is 5.43 Å². The number of ether oxygens (including phenoxy) is 1. The summed E-state index contributed by atoms with van der Waals surface area (Å²) in [4.78, 5) is 12.5. The molecule has 0 saturated carbocycles. The first kappa shape index (κ1) is 15.5. The number of amides is 1. The molecule has 22 heavy (non-hydrogen) atoms. The lowest BCUT2D eigenvalue weighted by Crippen LogP contribution is -2.17. The molecule has 1 aromatic carbocycles. The number of nitrogen functional groups attached to an aromatic ring is 1. The molecule has 0 saturated heterocycles. The van der Waals surface area contributed by atoms with Gasteiger partial charge in [-0.15, -0.1) is 11.3 Å². The van der Waals surface area contributed by atoms with Gasteiger partial charge in [0.15, 0.2) is 0 Å². The van der Waals surface area contributed by atoms with E-state index in [9.17, 15) is 4.79 Å². The summed E-state index contributed by atoms with van der Waals surface area (Å²) in [7, 11) is 1.56. The Balaban J connectivity index is 2.14. The van der Waals surface area contributed by atoms with E-state index in [1.165, 1.54) is 6.21 Å². The van der Waals surface area contributed by atoms with Gasteiger partial charge in [-0.1, -0.05) is 12.1 Å². The molecule has 1 heterocycles. The van der Waals surface area contributed by atoms with Crippen LogP contribution < -0.4 is 15.9 Å². The number of anilines is 1. The van der Waals surface area contributed by atoms with Crippen LogP contribution in [0.15, 0.2) is 29.4 Å². The van der Waals surface area contributed by atoms with Crippen molar-refractivity contribution in [2.24, 2.45) is 5.10 Å². The van der Waals surface area contributed by atoms with Gasteiger partial charge in [-0.25, -0.2) is 5.43 Å². The molecule has 0 atom stereocenters. The number of hydrazone groups is 1. The van der Waals surface area contributed by atoms with Gasteiger partial charge in [0.05, 0.1) is 18.9 Å². The smallest absolute Gasteiger partial charge is 0.281 e. The van der Waals surface area contributed by atoms with E-state index in [0.717, 1.165) is 16.9 Å². The predicted octanol–water partition coefficient (Wildman–Crippen LogP) is 2.28. The number of nitrogens with one attached hydrogen (secondary N) is 1. The number of hydrogen-bond acceptors (Lipinski definition) is 6. The van der Waals surface area contributed by atoms with E-state index in [1.54, 1.807) is 20.1 Å². The fourth-order valence-electron chi connectivity index (χ4n) is 1.88. The Morgan fingerprint density at radius 1 is 1.50 bits per heavy atom. The second kappa shape index (κ2) is 6.74. The summed E-state index contributed by atoms with van der Waals surface area (Å²) in [5.74, 6) is 0.255. The predicted molar refractivity (Wildman–Crippen MR) is 86.2 cm³/mol. The van der Waals surface area contributed by atoms with E-state index in [0.29, 0.717) is 26.8 Å². The van der Waals surface area contributed by atoms with Gasteiger partial charge in [-0.2, -0.15) is 10.4 Å². The molecule has 0 spiro atoms. The number of hydrogen-bond donors (Lipinski definition) is 2. The maximum Gasteiger partial charge on any atom is 0.281 e. The summed E-state index contributed by atoms with van der Waals surface area (Å²) in [5.41, 5.74) is 9.78. The van der Waals surface area contributed by atoms with E-state index < -0.39 is 5.91 Å². The lowest BCUT2D eigenvalue weighted by atomic mass is 10.2. The van der Waals surface area contributed by atoms with E-state index >= 15 is 0 Å². The minimum Gasteiger partial charge on any atom is -0.496 e. The van der Waals surface area contributed by atoms with Crippen LogP contribution in [0.25, 0.3) is 0 Å². The van der Waals surface area contributed by atoms with Gasteiger partial charge in [0.2, 0.25) is 0 Å². The van der Waals surface area contributed by atoms with Crippen molar-refractivity contribution in [3.05, 3.63) is 45.8 Å². The van der Waals surface area contributed by atoms with Crippen LogP contribution in [0.3, 0.4) is 0 Å². The Morgan fingerprint density at radius 2 is 2.23 bits per heavy atom. The average molecular weight is 314 g/mol. The lowest BCUT2D eigenvalue weighted by Gasteiger charge is -2.03. The number of nitrogens with zero attached hydrogens (tertiary/aromatic N) is 2. The molecule has 112 valence electrons. The molecule has 0 aliphatic rings. The van der Waals surface area contributed by atoms with E-state index in [-0.39, 0.29) is 0 Å². The molecule has 0 aliphatic carbocycles. The van der Waals surface area contributed by atoms with Gasteiger partial charge < -0.3 is 10.5 Å². The molecule has 2 aromatic rings. The van der Waals surface area contributed by atoms with Gasteiger partial charge >= 0.3 is 0 Å². The van der Waals surface area contributed by atoms with Crippen LogP contribution in [0.2, 0.25) is 0 Å². The Kier molecular flexibility index (Phi) is 4.76. The molecule has 0 radical (unpaired) electrons. The average Bonchev–Trinajstić information content (AvgIpc) is 2.82. The molecule has 6 nitrogen and oxygen atoms in total. The molecule has 2 rings (SSSR count). The highest BCUT2D eigenvalue weighted by molar-refractivity contribution is 7.18. The Labute approximate surface area is 131 Å². The topological polar surface area (TPSA) is 100 Å². The summed E-state index contributed by atoms with van der Waals surface area (Å²) in [5, 5.41) is 13.2. The van der Waals surface area contributed by atoms with Crippen LogP contribution in [-0.4, -0.2) is 19.2 Å². The van der Waals surface area contributed by atoms with E-state index in [2.05, 4.69) is 10.5 Å². The number of para-hydroxylation sites is 1. The highest BCUT2D eigenvalue weighted by atomic mass is 32.1. The van der Waals surface area contributed by atoms with Crippen molar-refractivity contribution in [3.63, 3.8) is 0 Å². The minimum atomic E-state index is -0.401. The Morgan fingerprint density at radius 3 is 2.86 bits per heavy atom. The number of nitrogens with two attached hydrogens (primary N) is 1. The number of carbonyl (C=O) groups is 1. The summed E-state index contributed by atoms with van der Waals surface area (Å²) in [6.07, 6.45) is 1.49. The quantitative estimate of drug-likeness (QED) is 0.668. The summed E-state index contributed by atoms with van der Waals surface area (Å²) in [6, 6.07) is 9.29. The van der Waals surface area contributed by atoms with Crippen molar-refractivity contribution in [2.45, 2.75) is 6.92 Å². The normalized spacial score (nSPS) is 10.4. The summed E-state index contributed by atoms with van der Waals surface area (Å²) < 4.78 is 5.19. The van der Waals surface area contributed by atoms with Crippen LogP contribution in [0, 0.1) is 18.3 Å². The van der Waals surface area contributed by atoms with Crippen molar-refractivity contribution in [2.75, 3.05) is 12.8 Å². The molecule has 0 fully saturated rings. The van der Waals surface area contributed by atoms with Gasteiger partial charge in [-0.05, 0) is 24.6 Å². The third-order valence-electron chi connectivity index (χ3n) is 3.00. The number of methoxy groups -OCH3 is 1. The lowest BCUT2D eigenvalue weighted by molar-refractivity contribution is 0.0958. The van der Waals surface area contributed by atoms with Crippen LogP contribution in [0.4, 0.5) is 5.00 Å². The van der Waals surface area contributed by atoms with Crippen molar-refractivity contribution in [3.8, 4) is 11.8 Å². The molecule has 0 bridgehead atoms. The molecule has 0 aliphatic heterocycles. The number of thiophene rings is 1. The zero-order chi connectivity index (χ0) is 16.1. The first-order chi connectivity index (χ1) is 10.6. The maximum absolute atomic E-state index is 12.1. The zero-order valence-corrected chi connectivity index (χ0v) is 12.9. The van der Waals surface area contributed by atoms with E-state index in [1.807, 2.05) is 24.3 Å². The molecule has 0 unspecified atom stereocenters. The van der Waals surface area contributed by atoms with Crippen molar-refractivity contribution >= 4 is 28.5 Å². The molecular weight excluding hydrogens is 300 g/mol. The number of carbonyl (C=O) groups excluding carboxylic acids is 1. The maximum atomic E-state index is 12.1. The van der Waals surface area contributed by atoms with Crippen molar-refractivity contribution in [1.29, 1.82) is 5.26 Å². The molecule has 1 aromatic heterocycles. The summed E-state index contributed by atoms with van der Waals surface area (Å²) in [6.45, 7) is 1.68. The van der Waals surface area contributed by atoms with E-state index in [4.69, 9.17) is 15.7 Å². The highest BCUT2D eigenvalue weighted by Crippen LogP contribution is 2.29. The monoisotopic (exact) mass is 314 g/mol. The zero-order valence-electron chi connectivity index (χ0n) is 12.1. The largest absolute Gasteiger partial charge is 0.496 e. The van der Waals surface area contributed by atoms with Gasteiger partial charge in [-0.3, -0.25) is 4.79 Å². The highest BCUT2D eigenvalue weighted by Gasteiger charge is 2.18. The number of benzene rings is 1. The van der Waals surface area contributed by atoms with Crippen LogP contribution in [0.1, 0.15) is 26.4 Å². The number of rotatable bonds is 4. The second-order valence-electron chi connectivity index (χ2n) is 4.35. The standard InChI is InChI=1S/C15H14N4O2S/c1-9-11(7-16)14(17)22-13(9)15(20)19-18-8-10-5-3-4-6-12(10)21-2/h3-6,8H,17H2,1-2H3,(H,19,20). The molecule has 1 amide bonds. The fraction of sp³-hybridized carbons (Fsp3) is 0.133. The summed E-state index contributed by atoms with van der Waals surface area (Å²) >= 11 is 1.07. The Bertz CT molecular complexity index is 774. The van der Waals surface area contributed by atoms with Crippen LogP contribution in [-0.2, 0) is 0 Å². The first-order valence-corrected chi connectivity index (χ1v) is 7.15. The molecular formula is C15H14N4O2S. The third-order valence-corrected chi connectivity index (χ3v) is 4.12. The molecule has 3 N–H and O–H groups in total. The van der Waals surface area contributed by atoms with Gasteiger partial charge in [0.25, 0.3) is 5.91 Å². The number of nitriles is 1.